The Hall–Kier alpha value is -4.70. The Morgan fingerprint density at radius 1 is 0.867 bits per heavy atom. The maximum atomic E-state index is 15.0. The van der Waals surface area contributed by atoms with Gasteiger partial charge in [-0.2, -0.15) is 0 Å². The Morgan fingerprint density at radius 3 is 2.13 bits per heavy atom. The fraction of sp³-hybridized carbons (Fsp3) is 0.257. The first-order valence-electron chi connectivity index (χ1n) is 14.8. The number of anilines is 1. The van der Waals surface area contributed by atoms with Crippen molar-refractivity contribution in [1.82, 2.24) is 10.2 Å². The van der Waals surface area contributed by atoms with Gasteiger partial charge in [0.15, 0.2) is 0 Å². The highest BCUT2D eigenvalue weighted by molar-refractivity contribution is 7.92. The Balaban J connectivity index is 1.80. The van der Waals surface area contributed by atoms with Crippen LogP contribution >= 0.6 is 0 Å². The minimum Gasteiger partial charge on any atom is -0.494 e. The fourth-order valence-corrected chi connectivity index (χ4v) is 6.31. The lowest BCUT2D eigenvalue weighted by molar-refractivity contribution is -0.140. The molecule has 45 heavy (non-hydrogen) atoms. The van der Waals surface area contributed by atoms with E-state index in [4.69, 9.17) is 4.74 Å². The van der Waals surface area contributed by atoms with E-state index in [1.165, 1.54) is 29.2 Å². The van der Waals surface area contributed by atoms with Crippen LogP contribution in [0, 0.1) is 12.7 Å². The zero-order chi connectivity index (χ0) is 32.4. The number of nitrogens with one attached hydrogen (secondary N) is 1. The molecule has 1 unspecified atom stereocenters. The quantitative estimate of drug-likeness (QED) is 0.198. The molecule has 0 aliphatic carbocycles. The second kappa shape index (κ2) is 15.3. The summed E-state index contributed by atoms with van der Waals surface area (Å²) >= 11 is 0. The van der Waals surface area contributed by atoms with Gasteiger partial charge >= 0.3 is 0 Å². The molecule has 0 aliphatic rings. The van der Waals surface area contributed by atoms with E-state index in [1.807, 2.05) is 44.2 Å². The van der Waals surface area contributed by atoms with Crippen LogP contribution in [0.25, 0.3) is 0 Å². The summed E-state index contributed by atoms with van der Waals surface area (Å²) in [5.74, 6) is -1.10. The first-order valence-corrected chi connectivity index (χ1v) is 16.2. The van der Waals surface area contributed by atoms with Crippen LogP contribution in [0.3, 0.4) is 0 Å². The predicted molar refractivity (Wildman–Crippen MR) is 173 cm³/mol. The first-order chi connectivity index (χ1) is 21.6. The van der Waals surface area contributed by atoms with Crippen molar-refractivity contribution >= 4 is 27.5 Å². The van der Waals surface area contributed by atoms with E-state index in [0.717, 1.165) is 15.4 Å². The van der Waals surface area contributed by atoms with E-state index in [0.29, 0.717) is 18.9 Å². The van der Waals surface area contributed by atoms with Gasteiger partial charge in [0.1, 0.15) is 24.2 Å². The molecule has 0 radical (unpaired) electrons. The van der Waals surface area contributed by atoms with E-state index in [-0.39, 0.29) is 29.1 Å². The minimum absolute atomic E-state index is 0.000000127. The number of amides is 2. The predicted octanol–water partition coefficient (Wildman–Crippen LogP) is 5.50. The van der Waals surface area contributed by atoms with Gasteiger partial charge in [-0.1, -0.05) is 66.2 Å². The van der Waals surface area contributed by atoms with Crippen LogP contribution in [0.1, 0.15) is 30.5 Å². The number of carbonyl (C=O) groups excluding carboxylic acids is 2. The largest absolute Gasteiger partial charge is 0.494 e. The molecule has 0 bridgehead atoms. The summed E-state index contributed by atoms with van der Waals surface area (Å²) in [6, 6.07) is 26.9. The van der Waals surface area contributed by atoms with E-state index in [2.05, 4.69) is 5.32 Å². The van der Waals surface area contributed by atoms with Gasteiger partial charge < -0.3 is 15.0 Å². The van der Waals surface area contributed by atoms with Gasteiger partial charge in [0.2, 0.25) is 11.8 Å². The number of likely N-dealkylation sites (N-methyl/N-ethyl adjacent to an activating group) is 1. The van der Waals surface area contributed by atoms with Crippen molar-refractivity contribution in [3.63, 3.8) is 0 Å². The number of sulfonamides is 1. The topological polar surface area (TPSA) is 96.0 Å². The van der Waals surface area contributed by atoms with Crippen molar-refractivity contribution in [1.29, 1.82) is 0 Å². The summed E-state index contributed by atoms with van der Waals surface area (Å²) in [5, 5.41) is 2.79. The van der Waals surface area contributed by atoms with Gasteiger partial charge in [-0.25, -0.2) is 12.8 Å². The van der Waals surface area contributed by atoms with Crippen molar-refractivity contribution in [3.05, 3.63) is 126 Å². The van der Waals surface area contributed by atoms with Crippen LogP contribution in [-0.2, 0) is 32.6 Å². The molecular formula is C35H38FN3O5S. The Kier molecular flexibility index (Phi) is 11.3. The highest BCUT2D eigenvalue weighted by atomic mass is 32.2. The summed E-state index contributed by atoms with van der Waals surface area (Å²) in [5.41, 5.74) is 2.09. The number of nitrogens with zero attached hydrogens (tertiary/aromatic N) is 2. The number of ether oxygens (including phenoxy) is 1. The molecule has 4 rings (SSSR count). The molecule has 0 aromatic heterocycles. The van der Waals surface area contributed by atoms with Crippen molar-refractivity contribution in [2.24, 2.45) is 0 Å². The molecule has 0 saturated heterocycles. The molecule has 0 heterocycles. The number of hydrogen-bond donors (Lipinski definition) is 1. The molecule has 0 spiro atoms. The summed E-state index contributed by atoms with van der Waals surface area (Å²) in [6.07, 6.45) is 0.140. The standard InChI is InChI=1S/C35H38FN3O5S/c1-4-37-35(41)33(23-27-11-7-6-8-12-27)38(24-28-13-9-10-14-32(28)36)34(40)25-39(29-17-19-30(20-18-29)44-5-2)45(42,43)31-21-15-26(3)16-22-31/h6-22,33H,4-5,23-25H2,1-3H3,(H,37,41). The van der Waals surface area contributed by atoms with E-state index >= 15 is 0 Å². The second-order valence-electron chi connectivity index (χ2n) is 10.5. The average Bonchev–Trinajstić information content (AvgIpc) is 3.03. The Labute approximate surface area is 264 Å². The number of aryl methyl sites for hydroxylation is 1. The highest BCUT2D eigenvalue weighted by Crippen LogP contribution is 2.27. The maximum absolute atomic E-state index is 15.0. The van der Waals surface area contributed by atoms with Gasteiger partial charge in [-0.15, -0.1) is 0 Å². The third-order valence-electron chi connectivity index (χ3n) is 7.24. The molecule has 1 atom stereocenters. The fourth-order valence-electron chi connectivity index (χ4n) is 4.90. The molecule has 0 aliphatic heterocycles. The summed E-state index contributed by atoms with van der Waals surface area (Å²) in [4.78, 5) is 29.2. The molecule has 0 fully saturated rings. The zero-order valence-corrected chi connectivity index (χ0v) is 26.5. The van der Waals surface area contributed by atoms with Crippen LogP contribution < -0.4 is 14.4 Å². The molecule has 0 saturated carbocycles. The average molecular weight is 632 g/mol. The van der Waals surface area contributed by atoms with Crippen molar-refractivity contribution in [2.45, 2.75) is 44.7 Å². The summed E-state index contributed by atoms with van der Waals surface area (Å²) < 4.78 is 49.7. The van der Waals surface area contributed by atoms with Gasteiger partial charge in [-0.05, 0) is 68.8 Å². The van der Waals surface area contributed by atoms with Gasteiger partial charge in [-0.3, -0.25) is 13.9 Å². The molecule has 2 amide bonds. The molecule has 8 nitrogen and oxygen atoms in total. The molecule has 10 heteroatoms. The maximum Gasteiger partial charge on any atom is 0.264 e. The van der Waals surface area contributed by atoms with Gasteiger partial charge in [0.05, 0.1) is 17.2 Å². The van der Waals surface area contributed by atoms with Crippen molar-refractivity contribution < 1.29 is 27.1 Å². The van der Waals surface area contributed by atoms with E-state index in [1.54, 1.807) is 55.5 Å². The Bertz CT molecular complexity index is 1680. The lowest BCUT2D eigenvalue weighted by atomic mass is 10.0. The molecule has 1 N–H and O–H groups in total. The second-order valence-corrected chi connectivity index (χ2v) is 12.3. The van der Waals surface area contributed by atoms with E-state index in [9.17, 15) is 22.4 Å². The molecular weight excluding hydrogens is 593 g/mol. The lowest BCUT2D eigenvalue weighted by Gasteiger charge is -2.34. The van der Waals surface area contributed by atoms with Gasteiger partial charge in [0.25, 0.3) is 10.0 Å². The van der Waals surface area contributed by atoms with Gasteiger partial charge in [0, 0.05) is 25.1 Å². The van der Waals surface area contributed by atoms with Crippen LogP contribution in [-0.4, -0.2) is 50.9 Å². The molecule has 4 aromatic rings. The number of hydrogen-bond acceptors (Lipinski definition) is 5. The van der Waals surface area contributed by atoms with Crippen LogP contribution in [0.4, 0.5) is 10.1 Å². The third kappa shape index (κ3) is 8.48. The number of benzene rings is 4. The molecule has 236 valence electrons. The lowest BCUT2D eigenvalue weighted by Crippen LogP contribution is -2.53. The van der Waals surface area contributed by atoms with Crippen LogP contribution in [0.2, 0.25) is 0 Å². The molecule has 4 aromatic carbocycles. The first kappa shape index (κ1) is 33.2. The minimum atomic E-state index is -4.25. The van der Waals surface area contributed by atoms with Crippen LogP contribution in [0.5, 0.6) is 5.75 Å². The SMILES string of the molecule is CCNC(=O)C(Cc1ccccc1)N(Cc1ccccc1F)C(=O)CN(c1ccc(OCC)cc1)S(=O)(=O)c1ccc(C)cc1. The smallest absolute Gasteiger partial charge is 0.264 e. The Morgan fingerprint density at radius 2 is 1.51 bits per heavy atom. The highest BCUT2D eigenvalue weighted by Gasteiger charge is 2.35. The van der Waals surface area contributed by atoms with E-state index < -0.39 is 40.2 Å². The third-order valence-corrected chi connectivity index (χ3v) is 9.03. The normalized spacial score (nSPS) is 11.8. The monoisotopic (exact) mass is 631 g/mol. The van der Waals surface area contributed by atoms with Crippen LogP contribution in [0.15, 0.2) is 108 Å². The zero-order valence-electron chi connectivity index (χ0n) is 25.6. The number of carbonyl (C=O) groups is 2. The summed E-state index contributed by atoms with van der Waals surface area (Å²) in [6.45, 7) is 5.31. The summed E-state index contributed by atoms with van der Waals surface area (Å²) in [7, 11) is -4.25. The van der Waals surface area contributed by atoms with Crippen molar-refractivity contribution in [3.8, 4) is 5.75 Å². The van der Waals surface area contributed by atoms with Crippen molar-refractivity contribution in [2.75, 3.05) is 24.0 Å². The number of halogens is 1. The number of rotatable bonds is 14.